The number of quaternary nitrogens is 1. The monoisotopic (exact) mass is 394 g/mol. The molecule has 0 aromatic heterocycles. The summed E-state index contributed by atoms with van der Waals surface area (Å²) in [5, 5.41) is 5.76. The largest absolute Gasteiger partial charge is 0.478 e. The zero-order valence-electron chi connectivity index (χ0n) is 16.6. The summed E-state index contributed by atoms with van der Waals surface area (Å²) in [6.07, 6.45) is 3.11. The first kappa shape index (κ1) is 19.5. The van der Waals surface area contributed by atoms with Gasteiger partial charge in [0.15, 0.2) is 6.10 Å². The van der Waals surface area contributed by atoms with E-state index in [2.05, 4.69) is 28.8 Å². The van der Waals surface area contributed by atoms with E-state index in [4.69, 9.17) is 4.74 Å². The number of anilines is 1. The second kappa shape index (κ2) is 9.09. The quantitative estimate of drug-likeness (QED) is 0.698. The highest BCUT2D eigenvalue weighted by molar-refractivity contribution is 5.99. The van der Waals surface area contributed by atoms with Gasteiger partial charge < -0.3 is 20.3 Å². The molecule has 0 radical (unpaired) electrons. The minimum Gasteiger partial charge on any atom is -0.478 e. The van der Waals surface area contributed by atoms with E-state index in [-0.39, 0.29) is 18.2 Å². The predicted molar refractivity (Wildman–Crippen MR) is 111 cm³/mol. The SMILES string of the molecule is O=C(C[C@H]1Oc2ccccc2NC1=O)NCc1ccccc1C[NH+]1CCCCC1. The number of carbonyl (C=O) groups excluding carboxylic acids is 2. The molecule has 29 heavy (non-hydrogen) atoms. The molecule has 2 aromatic carbocycles. The number of para-hydroxylation sites is 2. The molecule has 0 aliphatic carbocycles. The number of fused-ring (bicyclic) bond motifs is 1. The molecule has 0 unspecified atom stereocenters. The van der Waals surface area contributed by atoms with Gasteiger partial charge in [-0.3, -0.25) is 9.59 Å². The standard InChI is InChI=1S/C23H27N3O3/c27-22(14-21-23(28)25-19-10-4-5-11-20(19)29-21)24-15-17-8-2-3-9-18(17)16-26-12-6-1-7-13-26/h2-5,8-11,21H,1,6-7,12-16H2,(H,24,27)(H,25,28)/p+1/t21-/m1/s1. The first-order valence-electron chi connectivity index (χ1n) is 10.4. The van der Waals surface area contributed by atoms with E-state index >= 15 is 0 Å². The van der Waals surface area contributed by atoms with Gasteiger partial charge in [-0.05, 0) is 37.0 Å². The van der Waals surface area contributed by atoms with Gasteiger partial charge in [0.25, 0.3) is 5.91 Å². The average Bonchev–Trinajstić information content (AvgIpc) is 2.74. The van der Waals surface area contributed by atoms with Crippen LogP contribution in [0.1, 0.15) is 36.8 Å². The molecule has 6 heteroatoms. The number of nitrogens with one attached hydrogen (secondary N) is 3. The van der Waals surface area contributed by atoms with Crippen LogP contribution in [0.25, 0.3) is 0 Å². The maximum absolute atomic E-state index is 12.5. The third-order valence-corrected chi connectivity index (χ3v) is 5.67. The van der Waals surface area contributed by atoms with Gasteiger partial charge in [-0.1, -0.05) is 36.4 Å². The molecule has 1 atom stereocenters. The molecule has 0 saturated carbocycles. The van der Waals surface area contributed by atoms with Crippen LogP contribution < -0.4 is 20.3 Å². The Morgan fingerprint density at radius 1 is 1.03 bits per heavy atom. The van der Waals surface area contributed by atoms with E-state index in [0.717, 1.165) is 12.1 Å². The van der Waals surface area contributed by atoms with Gasteiger partial charge in [-0.15, -0.1) is 0 Å². The summed E-state index contributed by atoms with van der Waals surface area (Å²) in [5.74, 6) is 0.123. The summed E-state index contributed by atoms with van der Waals surface area (Å²) in [6, 6.07) is 15.5. The maximum Gasteiger partial charge on any atom is 0.266 e. The molecule has 2 amide bonds. The lowest BCUT2D eigenvalue weighted by atomic mass is 10.0. The van der Waals surface area contributed by atoms with Gasteiger partial charge >= 0.3 is 0 Å². The van der Waals surface area contributed by atoms with Crippen LogP contribution in [0.2, 0.25) is 0 Å². The maximum atomic E-state index is 12.5. The van der Waals surface area contributed by atoms with Crippen LogP contribution in [0.15, 0.2) is 48.5 Å². The third kappa shape index (κ3) is 4.95. The first-order chi connectivity index (χ1) is 14.2. The zero-order chi connectivity index (χ0) is 20.1. The highest BCUT2D eigenvalue weighted by Crippen LogP contribution is 2.29. The normalized spacial score (nSPS) is 19.0. The zero-order valence-corrected chi connectivity index (χ0v) is 16.6. The van der Waals surface area contributed by atoms with Crippen LogP contribution in [0.3, 0.4) is 0 Å². The number of ether oxygens (including phenoxy) is 1. The van der Waals surface area contributed by atoms with Crippen LogP contribution in [-0.2, 0) is 22.7 Å². The number of carbonyl (C=O) groups is 2. The summed E-state index contributed by atoms with van der Waals surface area (Å²) in [6.45, 7) is 3.90. The van der Waals surface area contributed by atoms with E-state index in [1.165, 1.54) is 37.9 Å². The van der Waals surface area contributed by atoms with Crippen molar-refractivity contribution >= 4 is 17.5 Å². The fourth-order valence-corrected chi connectivity index (χ4v) is 4.06. The Kier molecular flexibility index (Phi) is 6.10. The fraction of sp³-hybridized carbons (Fsp3) is 0.391. The van der Waals surface area contributed by atoms with E-state index in [9.17, 15) is 9.59 Å². The van der Waals surface area contributed by atoms with Crippen molar-refractivity contribution < 1.29 is 19.2 Å². The summed E-state index contributed by atoms with van der Waals surface area (Å²) < 4.78 is 5.71. The Hall–Kier alpha value is -2.86. The van der Waals surface area contributed by atoms with Crippen molar-refractivity contribution in [2.24, 2.45) is 0 Å². The summed E-state index contributed by atoms with van der Waals surface area (Å²) in [4.78, 5) is 26.3. The fourth-order valence-electron chi connectivity index (χ4n) is 4.06. The van der Waals surface area contributed by atoms with E-state index in [0.29, 0.717) is 18.0 Å². The van der Waals surface area contributed by atoms with E-state index in [1.807, 2.05) is 18.2 Å². The van der Waals surface area contributed by atoms with Crippen molar-refractivity contribution in [1.29, 1.82) is 0 Å². The second-order valence-electron chi connectivity index (χ2n) is 7.83. The van der Waals surface area contributed by atoms with Crippen LogP contribution in [0.5, 0.6) is 5.75 Å². The number of piperidine rings is 1. The summed E-state index contributed by atoms with van der Waals surface area (Å²) in [5.41, 5.74) is 3.06. The van der Waals surface area contributed by atoms with Crippen molar-refractivity contribution in [1.82, 2.24) is 5.32 Å². The highest BCUT2D eigenvalue weighted by Gasteiger charge is 2.29. The van der Waals surface area contributed by atoms with Crippen LogP contribution >= 0.6 is 0 Å². The van der Waals surface area contributed by atoms with Crippen molar-refractivity contribution in [2.75, 3.05) is 18.4 Å². The molecular weight excluding hydrogens is 366 g/mol. The highest BCUT2D eigenvalue weighted by atomic mass is 16.5. The minimum absolute atomic E-state index is 0.000288. The van der Waals surface area contributed by atoms with Crippen molar-refractivity contribution in [2.45, 2.75) is 44.9 Å². The smallest absolute Gasteiger partial charge is 0.266 e. The number of rotatable bonds is 6. The number of hydrogen-bond acceptors (Lipinski definition) is 3. The first-order valence-corrected chi connectivity index (χ1v) is 10.4. The van der Waals surface area contributed by atoms with Crippen molar-refractivity contribution in [3.05, 3.63) is 59.7 Å². The molecule has 2 aliphatic heterocycles. The molecule has 1 fully saturated rings. The number of likely N-dealkylation sites (tertiary alicyclic amines) is 1. The van der Waals surface area contributed by atoms with Crippen LogP contribution in [0, 0.1) is 0 Å². The lowest BCUT2D eigenvalue weighted by molar-refractivity contribution is -0.918. The Balaban J connectivity index is 1.32. The summed E-state index contributed by atoms with van der Waals surface area (Å²) in [7, 11) is 0. The molecular formula is C23H28N3O3+. The van der Waals surface area contributed by atoms with E-state index in [1.54, 1.807) is 17.0 Å². The predicted octanol–water partition coefficient (Wildman–Crippen LogP) is 1.66. The van der Waals surface area contributed by atoms with Crippen LogP contribution in [0.4, 0.5) is 5.69 Å². The van der Waals surface area contributed by atoms with Gasteiger partial charge in [0.1, 0.15) is 12.3 Å². The Bertz CT molecular complexity index is 877. The van der Waals surface area contributed by atoms with Gasteiger partial charge in [-0.2, -0.15) is 0 Å². The Labute approximate surface area is 171 Å². The minimum atomic E-state index is -0.807. The lowest BCUT2D eigenvalue weighted by Gasteiger charge is -2.25. The molecule has 152 valence electrons. The molecule has 2 aliphatic rings. The molecule has 2 heterocycles. The average molecular weight is 394 g/mol. The third-order valence-electron chi connectivity index (χ3n) is 5.67. The van der Waals surface area contributed by atoms with Gasteiger partial charge in [0, 0.05) is 12.1 Å². The van der Waals surface area contributed by atoms with Gasteiger partial charge in [0.2, 0.25) is 5.91 Å². The molecule has 0 spiro atoms. The molecule has 1 saturated heterocycles. The molecule has 3 N–H and O–H groups in total. The van der Waals surface area contributed by atoms with Crippen LogP contribution in [-0.4, -0.2) is 31.0 Å². The molecule has 0 bridgehead atoms. The Morgan fingerprint density at radius 2 is 1.76 bits per heavy atom. The molecule has 6 nitrogen and oxygen atoms in total. The molecule has 4 rings (SSSR count). The second-order valence-corrected chi connectivity index (χ2v) is 7.83. The molecule has 2 aromatic rings. The van der Waals surface area contributed by atoms with Gasteiger partial charge in [0.05, 0.1) is 25.2 Å². The number of amides is 2. The number of benzene rings is 2. The van der Waals surface area contributed by atoms with E-state index < -0.39 is 6.10 Å². The van der Waals surface area contributed by atoms with Crippen molar-refractivity contribution in [3.63, 3.8) is 0 Å². The van der Waals surface area contributed by atoms with Crippen molar-refractivity contribution in [3.8, 4) is 5.75 Å². The number of hydrogen-bond donors (Lipinski definition) is 3. The lowest BCUT2D eigenvalue weighted by Crippen LogP contribution is -3.11. The Morgan fingerprint density at radius 3 is 2.59 bits per heavy atom. The van der Waals surface area contributed by atoms with Gasteiger partial charge in [-0.25, -0.2) is 0 Å². The summed E-state index contributed by atoms with van der Waals surface area (Å²) >= 11 is 0. The topological polar surface area (TPSA) is 71.9 Å².